The predicted molar refractivity (Wildman–Crippen MR) is 100.0 cm³/mol. The normalized spacial score (nSPS) is 12.1. The van der Waals surface area contributed by atoms with E-state index in [-0.39, 0.29) is 6.42 Å². The van der Waals surface area contributed by atoms with E-state index >= 15 is 0 Å². The van der Waals surface area contributed by atoms with Crippen LogP contribution in [-0.2, 0) is 16.0 Å². The molecule has 0 heterocycles. The number of amides is 2. The lowest BCUT2D eigenvalue weighted by atomic mass is 10.1. The maximum Gasteiger partial charge on any atom is 0.408 e. The zero-order chi connectivity index (χ0) is 20.0. The summed E-state index contributed by atoms with van der Waals surface area (Å²) in [4.78, 5) is 24.7. The maximum absolute atomic E-state index is 13.6. The molecule has 3 N–H and O–H groups in total. The minimum Gasteiger partial charge on any atom is -0.505 e. The highest BCUT2D eigenvalue weighted by atomic mass is 19.1. The van der Waals surface area contributed by atoms with Gasteiger partial charge in [0.15, 0.2) is 17.7 Å². The van der Waals surface area contributed by atoms with Crippen molar-refractivity contribution in [2.75, 3.05) is 5.32 Å². The van der Waals surface area contributed by atoms with Gasteiger partial charge >= 0.3 is 6.09 Å². The van der Waals surface area contributed by atoms with Crippen molar-refractivity contribution in [1.82, 2.24) is 5.32 Å². The molecule has 0 aliphatic carbocycles. The minimum atomic E-state index is -1.18. The summed E-state index contributed by atoms with van der Waals surface area (Å²) < 4.78 is 18.9. The Bertz CT molecular complexity index is 803. The van der Waals surface area contributed by atoms with Crippen molar-refractivity contribution in [2.45, 2.75) is 38.8 Å². The molecule has 0 aliphatic heterocycles. The number of halogens is 1. The number of phenolic OH excluding ortho intramolecular Hbond substituents is 1. The van der Waals surface area contributed by atoms with E-state index in [1.165, 1.54) is 12.1 Å². The quantitative estimate of drug-likeness (QED) is 0.746. The number of alkyl carbamates (subject to hydrolysis) is 1. The lowest BCUT2D eigenvalue weighted by Crippen LogP contribution is -2.44. The largest absolute Gasteiger partial charge is 0.505 e. The lowest BCUT2D eigenvalue weighted by Gasteiger charge is -2.23. The van der Waals surface area contributed by atoms with Crippen LogP contribution >= 0.6 is 0 Å². The fourth-order valence-corrected chi connectivity index (χ4v) is 2.29. The molecule has 1 atom stereocenters. The number of hydrogen-bond acceptors (Lipinski definition) is 4. The molecule has 2 aromatic rings. The first-order valence-corrected chi connectivity index (χ1v) is 8.46. The second-order valence-electron chi connectivity index (χ2n) is 7.11. The first-order chi connectivity index (χ1) is 12.6. The molecule has 0 aliphatic rings. The van der Waals surface area contributed by atoms with Crippen molar-refractivity contribution in [2.24, 2.45) is 0 Å². The molecule has 0 unspecified atom stereocenters. The molecule has 2 aromatic carbocycles. The van der Waals surface area contributed by atoms with Gasteiger partial charge < -0.3 is 20.5 Å². The van der Waals surface area contributed by atoms with E-state index in [9.17, 15) is 19.1 Å². The van der Waals surface area contributed by atoms with Gasteiger partial charge in [0.2, 0.25) is 0 Å². The van der Waals surface area contributed by atoms with Crippen molar-refractivity contribution in [1.29, 1.82) is 0 Å². The van der Waals surface area contributed by atoms with E-state index < -0.39 is 35.2 Å². The van der Waals surface area contributed by atoms with E-state index in [2.05, 4.69) is 10.6 Å². The molecule has 0 saturated heterocycles. The first kappa shape index (κ1) is 20.2. The van der Waals surface area contributed by atoms with Gasteiger partial charge in [-0.3, -0.25) is 4.79 Å². The summed E-state index contributed by atoms with van der Waals surface area (Å²) in [6.45, 7) is 5.34. The number of hydrogen-bond donors (Lipinski definition) is 3. The predicted octanol–water partition coefficient (Wildman–Crippen LogP) is 3.61. The van der Waals surface area contributed by atoms with E-state index in [4.69, 9.17) is 4.74 Å². The van der Waals surface area contributed by atoms with Gasteiger partial charge in [-0.1, -0.05) is 24.3 Å². The number of ether oxygens (including phenoxy) is 1. The van der Waals surface area contributed by atoms with Gasteiger partial charge in [-0.15, -0.1) is 0 Å². The Morgan fingerprint density at radius 2 is 1.81 bits per heavy atom. The zero-order valence-electron chi connectivity index (χ0n) is 15.5. The monoisotopic (exact) mass is 374 g/mol. The Balaban J connectivity index is 2.17. The Morgan fingerprint density at radius 3 is 2.41 bits per heavy atom. The van der Waals surface area contributed by atoms with Crippen LogP contribution in [0.15, 0.2) is 48.5 Å². The smallest absolute Gasteiger partial charge is 0.408 e. The molecular formula is C20H23FN2O4. The van der Waals surface area contributed by atoms with Crippen molar-refractivity contribution >= 4 is 17.7 Å². The standard InChI is InChI=1S/C20H23FN2O4/c1-20(2,3)23-19(26)27-17(12-13-9-10-16(24)15(21)11-13)18(25)22-14-7-5-4-6-8-14/h4-11,17,24H,12H2,1-3H3,(H,22,25)(H,23,26)/t17-/m0/s1. The Labute approximate surface area is 157 Å². The van der Waals surface area contributed by atoms with Crippen LogP contribution in [0.1, 0.15) is 26.3 Å². The molecule has 27 heavy (non-hydrogen) atoms. The third-order valence-electron chi connectivity index (χ3n) is 3.49. The molecule has 0 bridgehead atoms. The van der Waals surface area contributed by atoms with Crippen LogP contribution in [0.25, 0.3) is 0 Å². The van der Waals surface area contributed by atoms with Crippen LogP contribution in [0.3, 0.4) is 0 Å². The molecule has 7 heteroatoms. The van der Waals surface area contributed by atoms with Crippen LogP contribution < -0.4 is 10.6 Å². The van der Waals surface area contributed by atoms with Gasteiger partial charge in [0.1, 0.15) is 0 Å². The van der Waals surface area contributed by atoms with Crippen molar-refractivity contribution in [3.63, 3.8) is 0 Å². The van der Waals surface area contributed by atoms with Crippen molar-refractivity contribution in [3.8, 4) is 5.75 Å². The molecular weight excluding hydrogens is 351 g/mol. The Hall–Kier alpha value is -3.09. The van der Waals surface area contributed by atoms with Crippen molar-refractivity contribution in [3.05, 3.63) is 59.9 Å². The number of benzene rings is 2. The summed E-state index contributed by atoms with van der Waals surface area (Å²) in [5.74, 6) is -1.84. The molecule has 144 valence electrons. The molecule has 0 fully saturated rings. The fourth-order valence-electron chi connectivity index (χ4n) is 2.29. The average Bonchev–Trinajstić information content (AvgIpc) is 2.57. The number of carbonyl (C=O) groups is 2. The van der Waals surface area contributed by atoms with Gasteiger partial charge in [-0.25, -0.2) is 9.18 Å². The minimum absolute atomic E-state index is 0.0482. The molecule has 2 amide bonds. The topological polar surface area (TPSA) is 87.7 Å². The molecule has 0 aromatic heterocycles. The van der Waals surface area contributed by atoms with Crippen LogP contribution in [0, 0.1) is 5.82 Å². The van der Waals surface area contributed by atoms with E-state index in [1.54, 1.807) is 51.1 Å². The molecule has 2 rings (SSSR count). The van der Waals surface area contributed by atoms with Gasteiger partial charge in [0, 0.05) is 17.6 Å². The third-order valence-corrected chi connectivity index (χ3v) is 3.49. The number of nitrogens with one attached hydrogen (secondary N) is 2. The zero-order valence-corrected chi connectivity index (χ0v) is 15.5. The second-order valence-corrected chi connectivity index (χ2v) is 7.11. The van der Waals surface area contributed by atoms with E-state index in [0.717, 1.165) is 6.07 Å². The number of carbonyl (C=O) groups excluding carboxylic acids is 2. The third kappa shape index (κ3) is 6.62. The van der Waals surface area contributed by atoms with E-state index in [0.29, 0.717) is 11.3 Å². The van der Waals surface area contributed by atoms with Gasteiger partial charge in [0.05, 0.1) is 0 Å². The second kappa shape index (κ2) is 8.53. The summed E-state index contributed by atoms with van der Waals surface area (Å²) in [5.41, 5.74) is 0.411. The molecule has 0 spiro atoms. The van der Waals surface area contributed by atoms with Crippen LogP contribution in [0.5, 0.6) is 5.75 Å². The molecule has 0 radical (unpaired) electrons. The number of rotatable bonds is 5. The van der Waals surface area contributed by atoms with Crippen LogP contribution in [0.2, 0.25) is 0 Å². The van der Waals surface area contributed by atoms with E-state index in [1.807, 2.05) is 0 Å². The lowest BCUT2D eigenvalue weighted by molar-refractivity contribution is -0.124. The number of para-hydroxylation sites is 1. The van der Waals surface area contributed by atoms with Gasteiger partial charge in [0.25, 0.3) is 5.91 Å². The SMILES string of the molecule is CC(C)(C)NC(=O)O[C@@H](Cc1ccc(O)c(F)c1)C(=O)Nc1ccccc1. The Morgan fingerprint density at radius 1 is 1.15 bits per heavy atom. The average molecular weight is 374 g/mol. The fraction of sp³-hybridized carbons (Fsp3) is 0.300. The first-order valence-electron chi connectivity index (χ1n) is 8.46. The van der Waals surface area contributed by atoms with Crippen LogP contribution in [0.4, 0.5) is 14.9 Å². The highest BCUT2D eigenvalue weighted by molar-refractivity contribution is 5.95. The summed E-state index contributed by atoms with van der Waals surface area (Å²) >= 11 is 0. The summed E-state index contributed by atoms with van der Waals surface area (Å²) in [6.07, 6.45) is -1.99. The Kier molecular flexibility index (Phi) is 6.39. The highest BCUT2D eigenvalue weighted by Gasteiger charge is 2.26. The maximum atomic E-state index is 13.6. The number of aromatic hydroxyl groups is 1. The van der Waals surface area contributed by atoms with Gasteiger partial charge in [-0.05, 0) is 50.6 Å². The highest BCUT2D eigenvalue weighted by Crippen LogP contribution is 2.19. The summed E-state index contributed by atoms with van der Waals surface area (Å²) in [5, 5.41) is 14.6. The van der Waals surface area contributed by atoms with Gasteiger partial charge in [-0.2, -0.15) is 0 Å². The summed E-state index contributed by atoms with van der Waals surface area (Å²) in [7, 11) is 0. The number of anilines is 1. The van der Waals surface area contributed by atoms with Crippen LogP contribution in [-0.4, -0.2) is 28.7 Å². The number of phenols is 1. The molecule has 6 nitrogen and oxygen atoms in total. The van der Waals surface area contributed by atoms with Crippen molar-refractivity contribution < 1.29 is 23.8 Å². The summed E-state index contributed by atoms with van der Waals surface area (Å²) in [6, 6.07) is 12.5. The molecule has 0 saturated carbocycles.